The molecule has 0 saturated heterocycles. The van der Waals surface area contributed by atoms with Gasteiger partial charge in [-0.05, 0) is 46.5 Å². The van der Waals surface area contributed by atoms with Crippen molar-refractivity contribution in [3.63, 3.8) is 0 Å². The predicted octanol–water partition coefficient (Wildman–Crippen LogP) is 3.38. The minimum absolute atomic E-state index is 0.293. The van der Waals surface area contributed by atoms with Crippen LogP contribution in [0, 0.1) is 11.7 Å². The molecule has 1 aromatic rings. The largest absolute Gasteiger partial charge is 0.380 e. The summed E-state index contributed by atoms with van der Waals surface area (Å²) in [6, 6.07) is 4.30. The van der Waals surface area contributed by atoms with E-state index in [0.29, 0.717) is 35.7 Å². The number of carbonyl (C=O) groups is 1. The lowest BCUT2D eigenvalue weighted by molar-refractivity contribution is 0.0905. The summed E-state index contributed by atoms with van der Waals surface area (Å²) in [5.41, 5.74) is 0.308. The van der Waals surface area contributed by atoms with Crippen molar-refractivity contribution < 1.29 is 13.9 Å². The first-order valence-electron chi connectivity index (χ1n) is 6.31. The van der Waals surface area contributed by atoms with Crippen molar-refractivity contribution in [3.8, 4) is 0 Å². The third-order valence-electron chi connectivity index (χ3n) is 2.55. The van der Waals surface area contributed by atoms with Gasteiger partial charge < -0.3 is 10.1 Å². The predicted molar refractivity (Wildman–Crippen MR) is 76.7 cm³/mol. The summed E-state index contributed by atoms with van der Waals surface area (Å²) in [4.78, 5) is 11.7. The fourth-order valence-electron chi connectivity index (χ4n) is 1.40. The van der Waals surface area contributed by atoms with Crippen LogP contribution < -0.4 is 5.32 Å². The molecule has 1 rings (SSSR count). The van der Waals surface area contributed by atoms with Crippen LogP contribution in [0.15, 0.2) is 22.7 Å². The fraction of sp³-hybridized carbons (Fsp3) is 0.500. The molecule has 0 fully saturated rings. The fourth-order valence-corrected chi connectivity index (χ4v) is 1.64. The van der Waals surface area contributed by atoms with Crippen molar-refractivity contribution in [3.05, 3.63) is 34.1 Å². The van der Waals surface area contributed by atoms with E-state index in [9.17, 15) is 9.18 Å². The van der Waals surface area contributed by atoms with Gasteiger partial charge in [0.05, 0.1) is 11.1 Å². The van der Waals surface area contributed by atoms with Crippen molar-refractivity contribution in [1.29, 1.82) is 0 Å². The maximum Gasteiger partial charge on any atom is 0.251 e. The van der Waals surface area contributed by atoms with Crippen LogP contribution in [0.3, 0.4) is 0 Å². The van der Waals surface area contributed by atoms with Gasteiger partial charge in [-0.1, -0.05) is 13.8 Å². The number of ether oxygens (including phenoxy) is 1. The molecule has 0 unspecified atom stereocenters. The van der Waals surface area contributed by atoms with Crippen LogP contribution in [-0.4, -0.2) is 25.7 Å². The van der Waals surface area contributed by atoms with E-state index in [4.69, 9.17) is 4.74 Å². The van der Waals surface area contributed by atoms with Gasteiger partial charge in [0.25, 0.3) is 5.91 Å². The molecule has 19 heavy (non-hydrogen) atoms. The third-order valence-corrected chi connectivity index (χ3v) is 3.20. The van der Waals surface area contributed by atoms with Crippen LogP contribution in [0.4, 0.5) is 4.39 Å². The van der Waals surface area contributed by atoms with Gasteiger partial charge in [0.1, 0.15) is 5.82 Å². The molecule has 0 bridgehead atoms. The molecule has 5 heteroatoms. The molecule has 0 saturated carbocycles. The molecular weight excluding hydrogens is 313 g/mol. The zero-order valence-corrected chi connectivity index (χ0v) is 12.8. The van der Waals surface area contributed by atoms with Gasteiger partial charge in [0.2, 0.25) is 0 Å². The van der Waals surface area contributed by atoms with Gasteiger partial charge in [-0.25, -0.2) is 4.39 Å². The van der Waals surface area contributed by atoms with Gasteiger partial charge in [-0.15, -0.1) is 0 Å². The van der Waals surface area contributed by atoms with E-state index in [0.717, 1.165) is 6.42 Å². The molecule has 0 aliphatic rings. The number of halogens is 2. The quantitative estimate of drug-likeness (QED) is 0.778. The molecule has 1 N–H and O–H groups in total. The Labute approximate surface area is 121 Å². The molecule has 3 nitrogen and oxygen atoms in total. The average molecular weight is 332 g/mol. The second-order valence-electron chi connectivity index (χ2n) is 4.68. The van der Waals surface area contributed by atoms with E-state index >= 15 is 0 Å². The molecular formula is C14H19BrFNO2. The van der Waals surface area contributed by atoms with Gasteiger partial charge >= 0.3 is 0 Å². The second-order valence-corrected chi connectivity index (χ2v) is 5.53. The van der Waals surface area contributed by atoms with E-state index in [1.54, 1.807) is 6.07 Å². The molecule has 1 aromatic carbocycles. The van der Waals surface area contributed by atoms with Crippen LogP contribution in [0.5, 0.6) is 0 Å². The Kier molecular flexibility index (Phi) is 7.02. The number of nitrogens with one attached hydrogen (secondary N) is 1. The monoisotopic (exact) mass is 331 g/mol. The van der Waals surface area contributed by atoms with Crippen molar-refractivity contribution >= 4 is 21.8 Å². The highest BCUT2D eigenvalue weighted by atomic mass is 79.9. The van der Waals surface area contributed by atoms with Crippen molar-refractivity contribution in [1.82, 2.24) is 5.32 Å². The normalized spacial score (nSPS) is 10.8. The lowest BCUT2D eigenvalue weighted by atomic mass is 10.1. The molecule has 0 aliphatic heterocycles. The molecule has 0 aliphatic carbocycles. The van der Waals surface area contributed by atoms with E-state index in [1.807, 2.05) is 0 Å². The van der Waals surface area contributed by atoms with E-state index in [2.05, 4.69) is 35.1 Å². The minimum Gasteiger partial charge on any atom is -0.380 e. The average Bonchev–Trinajstić information content (AvgIpc) is 2.36. The number of rotatable bonds is 7. The highest BCUT2D eigenvalue weighted by Crippen LogP contribution is 2.16. The molecule has 0 aromatic heterocycles. The smallest absolute Gasteiger partial charge is 0.251 e. The van der Waals surface area contributed by atoms with Gasteiger partial charge in [0.15, 0.2) is 0 Å². The summed E-state index contributed by atoms with van der Waals surface area (Å²) < 4.78 is 19.0. The third kappa shape index (κ3) is 6.16. The van der Waals surface area contributed by atoms with Gasteiger partial charge in [-0.2, -0.15) is 0 Å². The van der Waals surface area contributed by atoms with Crippen LogP contribution in [0.25, 0.3) is 0 Å². The van der Waals surface area contributed by atoms with Crippen molar-refractivity contribution in [2.24, 2.45) is 5.92 Å². The Balaban J connectivity index is 2.26. The molecule has 0 spiro atoms. The zero-order chi connectivity index (χ0) is 14.3. The number of carbonyl (C=O) groups excluding carboxylic acids is 1. The summed E-state index contributed by atoms with van der Waals surface area (Å²) in [5.74, 6) is -0.125. The summed E-state index contributed by atoms with van der Waals surface area (Å²) in [7, 11) is 0. The Bertz CT molecular complexity index is 424. The first-order chi connectivity index (χ1) is 9.00. The lowest BCUT2D eigenvalue weighted by Gasteiger charge is -2.08. The Morgan fingerprint density at radius 3 is 2.79 bits per heavy atom. The Hall–Kier alpha value is -0.940. The second kappa shape index (κ2) is 8.27. The maximum absolute atomic E-state index is 13.3. The lowest BCUT2D eigenvalue weighted by Crippen LogP contribution is -2.27. The van der Waals surface area contributed by atoms with Gasteiger partial charge in [-0.3, -0.25) is 4.79 Å². The number of hydrogen-bond acceptors (Lipinski definition) is 2. The first-order valence-corrected chi connectivity index (χ1v) is 7.11. The Morgan fingerprint density at radius 1 is 1.42 bits per heavy atom. The first kappa shape index (κ1) is 16.1. The van der Waals surface area contributed by atoms with Crippen LogP contribution in [-0.2, 0) is 4.74 Å². The molecule has 0 atom stereocenters. The molecule has 0 radical (unpaired) electrons. The summed E-state index contributed by atoms with van der Waals surface area (Å²) >= 11 is 3.04. The number of hydrogen-bond donors (Lipinski definition) is 1. The SMILES string of the molecule is CC(C)CCOCCNC(=O)c1ccc(Br)c(F)c1. The van der Waals surface area contributed by atoms with E-state index in [1.165, 1.54) is 12.1 Å². The number of benzene rings is 1. The van der Waals surface area contributed by atoms with E-state index < -0.39 is 5.82 Å². The Morgan fingerprint density at radius 2 is 2.16 bits per heavy atom. The van der Waals surface area contributed by atoms with E-state index in [-0.39, 0.29) is 5.91 Å². The van der Waals surface area contributed by atoms with Crippen molar-refractivity contribution in [2.75, 3.05) is 19.8 Å². The summed E-state index contributed by atoms with van der Waals surface area (Å²) in [6.45, 7) is 5.85. The molecule has 1 amide bonds. The highest BCUT2D eigenvalue weighted by Gasteiger charge is 2.07. The summed E-state index contributed by atoms with van der Waals surface area (Å²) in [6.07, 6.45) is 1.01. The molecule has 0 heterocycles. The molecule has 106 valence electrons. The highest BCUT2D eigenvalue weighted by molar-refractivity contribution is 9.10. The standard InChI is InChI=1S/C14H19BrFNO2/c1-10(2)5-7-19-8-6-17-14(18)11-3-4-12(15)13(16)9-11/h3-4,9-10H,5-8H2,1-2H3,(H,17,18). The maximum atomic E-state index is 13.3. The van der Waals surface area contributed by atoms with Crippen LogP contribution >= 0.6 is 15.9 Å². The van der Waals surface area contributed by atoms with Gasteiger partial charge in [0, 0.05) is 18.7 Å². The number of amides is 1. The zero-order valence-electron chi connectivity index (χ0n) is 11.2. The summed E-state index contributed by atoms with van der Waals surface area (Å²) in [5, 5.41) is 2.69. The topological polar surface area (TPSA) is 38.3 Å². The van der Waals surface area contributed by atoms with Crippen molar-refractivity contribution in [2.45, 2.75) is 20.3 Å². The van der Waals surface area contributed by atoms with Crippen LogP contribution in [0.1, 0.15) is 30.6 Å². The van der Waals surface area contributed by atoms with Crippen LogP contribution in [0.2, 0.25) is 0 Å². The minimum atomic E-state index is -0.444.